The van der Waals surface area contributed by atoms with E-state index in [9.17, 15) is 9.90 Å². The molecule has 1 unspecified atom stereocenters. The first kappa shape index (κ1) is 12.9. The van der Waals surface area contributed by atoms with Crippen LogP contribution in [0.4, 0.5) is 0 Å². The molecule has 1 aromatic heterocycles. The van der Waals surface area contributed by atoms with Crippen LogP contribution in [0.25, 0.3) is 0 Å². The lowest BCUT2D eigenvalue weighted by Gasteiger charge is -2.28. The number of aliphatic carboxylic acids is 1. The van der Waals surface area contributed by atoms with E-state index in [4.69, 9.17) is 11.6 Å². The number of fused-ring (bicyclic) bond motifs is 1. The Morgan fingerprint density at radius 1 is 1.37 bits per heavy atom. The van der Waals surface area contributed by atoms with Gasteiger partial charge in [0.2, 0.25) is 0 Å². The van der Waals surface area contributed by atoms with Crippen molar-refractivity contribution in [2.24, 2.45) is 0 Å². The molecule has 19 heavy (non-hydrogen) atoms. The van der Waals surface area contributed by atoms with E-state index in [1.165, 1.54) is 0 Å². The van der Waals surface area contributed by atoms with Crippen molar-refractivity contribution in [2.45, 2.75) is 44.1 Å². The third kappa shape index (κ3) is 2.25. The Hall–Kier alpha value is -1.07. The van der Waals surface area contributed by atoms with Crippen molar-refractivity contribution in [3.8, 4) is 0 Å². The number of carboxylic acids is 1. The first-order chi connectivity index (χ1) is 9.18. The Morgan fingerprint density at radius 3 is 2.79 bits per heavy atom. The van der Waals surface area contributed by atoms with Crippen molar-refractivity contribution in [1.29, 1.82) is 0 Å². The van der Waals surface area contributed by atoms with E-state index in [1.807, 2.05) is 4.57 Å². The Balaban J connectivity index is 2.02. The second kappa shape index (κ2) is 5.13. The number of hydrogen-bond donors (Lipinski definition) is 2. The van der Waals surface area contributed by atoms with Crippen LogP contribution in [0.5, 0.6) is 0 Å². The quantitative estimate of drug-likeness (QED) is 0.871. The summed E-state index contributed by atoms with van der Waals surface area (Å²) >= 11 is 6.21. The summed E-state index contributed by atoms with van der Waals surface area (Å²) in [4.78, 5) is 15.9. The maximum absolute atomic E-state index is 11.5. The number of carbonyl (C=O) groups is 1. The molecule has 1 saturated heterocycles. The molecule has 5 nitrogen and oxygen atoms in total. The van der Waals surface area contributed by atoms with Gasteiger partial charge < -0.3 is 15.0 Å². The standard InChI is InChI=1S/C13H18ClN3O2/c14-11-9-2-1-3-10(13(18)19)17(9)12(16-11)8-4-6-15-7-5-8/h8,10,15H,1-7H2,(H,18,19). The number of hydrogen-bond acceptors (Lipinski definition) is 3. The molecule has 0 spiro atoms. The molecule has 104 valence electrons. The minimum absolute atomic E-state index is 0.326. The molecule has 1 atom stereocenters. The highest BCUT2D eigenvalue weighted by atomic mass is 35.5. The van der Waals surface area contributed by atoms with Crippen LogP contribution in [0, 0.1) is 0 Å². The Labute approximate surface area is 117 Å². The van der Waals surface area contributed by atoms with Gasteiger partial charge in [-0.1, -0.05) is 11.6 Å². The van der Waals surface area contributed by atoms with Crippen LogP contribution in [0.3, 0.4) is 0 Å². The highest BCUT2D eigenvalue weighted by Crippen LogP contribution is 2.36. The third-order valence-electron chi connectivity index (χ3n) is 4.18. The molecule has 2 N–H and O–H groups in total. The molecule has 0 aliphatic carbocycles. The zero-order valence-corrected chi connectivity index (χ0v) is 11.5. The molecule has 3 rings (SSSR count). The second-order valence-corrected chi connectivity index (χ2v) is 5.71. The number of piperidine rings is 1. The lowest BCUT2D eigenvalue weighted by molar-refractivity contribution is -0.141. The number of imidazole rings is 1. The van der Waals surface area contributed by atoms with Gasteiger partial charge in [-0.3, -0.25) is 0 Å². The van der Waals surface area contributed by atoms with Crippen LogP contribution >= 0.6 is 11.6 Å². The molecular weight excluding hydrogens is 266 g/mol. The fourth-order valence-corrected chi connectivity index (χ4v) is 3.49. The summed E-state index contributed by atoms with van der Waals surface area (Å²) in [5.74, 6) is 0.436. The van der Waals surface area contributed by atoms with Gasteiger partial charge in [-0.15, -0.1) is 0 Å². The number of aromatic nitrogens is 2. The van der Waals surface area contributed by atoms with Crippen molar-refractivity contribution < 1.29 is 9.90 Å². The van der Waals surface area contributed by atoms with Gasteiger partial charge in [0.25, 0.3) is 0 Å². The number of carboxylic acid groups (broad SMARTS) is 1. The van der Waals surface area contributed by atoms with E-state index in [0.29, 0.717) is 17.5 Å². The summed E-state index contributed by atoms with van der Waals surface area (Å²) in [6.45, 7) is 1.92. The first-order valence-corrected chi connectivity index (χ1v) is 7.26. The SMILES string of the molecule is O=C(O)C1CCCc2c(Cl)nc(C3CCNCC3)n21. The van der Waals surface area contributed by atoms with Crippen molar-refractivity contribution >= 4 is 17.6 Å². The Morgan fingerprint density at radius 2 is 2.11 bits per heavy atom. The predicted octanol–water partition coefficient (Wildman–Crippen LogP) is 1.97. The monoisotopic (exact) mass is 283 g/mol. The van der Waals surface area contributed by atoms with Crippen LogP contribution in [-0.2, 0) is 11.2 Å². The average molecular weight is 284 g/mol. The van der Waals surface area contributed by atoms with Crippen LogP contribution in [0.1, 0.15) is 49.2 Å². The maximum Gasteiger partial charge on any atom is 0.326 e. The molecule has 0 amide bonds. The van der Waals surface area contributed by atoms with Crippen molar-refractivity contribution in [1.82, 2.24) is 14.9 Å². The molecule has 6 heteroatoms. The van der Waals surface area contributed by atoms with Gasteiger partial charge >= 0.3 is 5.97 Å². The van der Waals surface area contributed by atoms with Gasteiger partial charge in [0, 0.05) is 5.92 Å². The van der Waals surface area contributed by atoms with Crippen LogP contribution in [0.15, 0.2) is 0 Å². The van der Waals surface area contributed by atoms with Crippen LogP contribution < -0.4 is 5.32 Å². The minimum atomic E-state index is -0.773. The minimum Gasteiger partial charge on any atom is -0.480 e. The molecule has 2 aliphatic heterocycles. The largest absolute Gasteiger partial charge is 0.480 e. The molecule has 0 radical (unpaired) electrons. The van der Waals surface area contributed by atoms with Gasteiger partial charge in [0.05, 0.1) is 5.69 Å². The van der Waals surface area contributed by atoms with E-state index in [1.54, 1.807) is 0 Å². The van der Waals surface area contributed by atoms with Crippen molar-refractivity contribution in [3.63, 3.8) is 0 Å². The zero-order chi connectivity index (χ0) is 13.4. The second-order valence-electron chi connectivity index (χ2n) is 5.35. The molecule has 0 bridgehead atoms. The van der Waals surface area contributed by atoms with Gasteiger partial charge in [-0.05, 0) is 45.2 Å². The Kier molecular flexibility index (Phi) is 3.50. The van der Waals surface area contributed by atoms with Crippen LogP contribution in [0.2, 0.25) is 5.15 Å². The fourth-order valence-electron chi connectivity index (χ4n) is 3.22. The smallest absolute Gasteiger partial charge is 0.326 e. The summed E-state index contributed by atoms with van der Waals surface area (Å²) in [6.07, 6.45) is 4.37. The summed E-state index contributed by atoms with van der Waals surface area (Å²) < 4.78 is 1.91. The normalized spacial score (nSPS) is 24.2. The number of nitrogens with one attached hydrogen (secondary N) is 1. The zero-order valence-electron chi connectivity index (χ0n) is 10.7. The van der Waals surface area contributed by atoms with Gasteiger partial charge in [-0.25, -0.2) is 9.78 Å². The molecule has 2 aliphatic rings. The van der Waals surface area contributed by atoms with E-state index in [2.05, 4.69) is 10.3 Å². The predicted molar refractivity (Wildman–Crippen MR) is 71.7 cm³/mol. The van der Waals surface area contributed by atoms with Gasteiger partial charge in [-0.2, -0.15) is 0 Å². The maximum atomic E-state index is 11.5. The molecule has 3 heterocycles. The number of rotatable bonds is 2. The molecular formula is C13H18ClN3O2. The summed E-state index contributed by atoms with van der Waals surface area (Å²) in [6, 6.07) is -0.492. The molecule has 0 saturated carbocycles. The van der Waals surface area contributed by atoms with Crippen molar-refractivity contribution in [2.75, 3.05) is 13.1 Å². The summed E-state index contributed by atoms with van der Waals surface area (Å²) in [7, 11) is 0. The lowest BCUT2D eigenvalue weighted by Crippen LogP contribution is -2.31. The fraction of sp³-hybridized carbons (Fsp3) is 0.692. The third-order valence-corrected chi connectivity index (χ3v) is 4.48. The van der Waals surface area contributed by atoms with Gasteiger partial charge in [0.15, 0.2) is 5.15 Å². The lowest BCUT2D eigenvalue weighted by atomic mass is 9.95. The summed E-state index contributed by atoms with van der Waals surface area (Å²) in [5.41, 5.74) is 0.911. The van der Waals surface area contributed by atoms with E-state index >= 15 is 0 Å². The Bertz CT molecular complexity index is 494. The van der Waals surface area contributed by atoms with Crippen LogP contribution in [-0.4, -0.2) is 33.7 Å². The molecule has 1 aromatic rings. The summed E-state index contributed by atoms with van der Waals surface area (Å²) in [5, 5.41) is 13.2. The van der Waals surface area contributed by atoms with Gasteiger partial charge in [0.1, 0.15) is 11.9 Å². The van der Waals surface area contributed by atoms with E-state index in [-0.39, 0.29) is 0 Å². The highest BCUT2D eigenvalue weighted by molar-refractivity contribution is 6.30. The van der Waals surface area contributed by atoms with E-state index < -0.39 is 12.0 Å². The number of halogens is 1. The topological polar surface area (TPSA) is 67.2 Å². The number of nitrogens with zero attached hydrogens (tertiary/aromatic N) is 2. The highest BCUT2D eigenvalue weighted by Gasteiger charge is 2.33. The molecule has 0 aromatic carbocycles. The first-order valence-electron chi connectivity index (χ1n) is 6.88. The average Bonchev–Trinajstić information content (AvgIpc) is 2.77. The van der Waals surface area contributed by atoms with Crippen molar-refractivity contribution in [3.05, 3.63) is 16.7 Å². The van der Waals surface area contributed by atoms with E-state index in [0.717, 1.165) is 50.3 Å². The molecule has 1 fully saturated rings.